The predicted molar refractivity (Wildman–Crippen MR) is 110 cm³/mol. The molecule has 6 heteroatoms. The average molecular weight is 454 g/mol. The Hall–Kier alpha value is -1.67. The van der Waals surface area contributed by atoms with Crippen molar-refractivity contribution in [2.24, 2.45) is 0 Å². The first-order valence-electron chi connectivity index (χ1n) is 7.52. The minimum atomic E-state index is -0.254. The second-order valence-corrected chi connectivity index (χ2v) is 6.85. The van der Waals surface area contributed by atoms with Crippen LogP contribution in [0.5, 0.6) is 5.75 Å². The number of halogens is 1. The molecule has 126 valence electrons. The van der Waals surface area contributed by atoms with Crippen LogP contribution in [-0.4, -0.2) is 17.6 Å². The highest BCUT2D eigenvalue weighted by Crippen LogP contribution is 2.21. The van der Waals surface area contributed by atoms with E-state index in [-0.39, 0.29) is 11.0 Å². The van der Waals surface area contributed by atoms with Gasteiger partial charge in [-0.2, -0.15) is 0 Å². The maximum atomic E-state index is 12.2. The Bertz CT molecular complexity index is 760. The molecule has 2 aromatic rings. The van der Waals surface area contributed by atoms with Gasteiger partial charge in [0.05, 0.1) is 6.61 Å². The summed E-state index contributed by atoms with van der Waals surface area (Å²) in [5, 5.41) is 6.05. The van der Waals surface area contributed by atoms with Gasteiger partial charge in [0.15, 0.2) is 5.11 Å². The fraction of sp³-hybridized carbons (Fsp3) is 0.222. The maximum Gasteiger partial charge on any atom is 0.257 e. The van der Waals surface area contributed by atoms with E-state index in [1.54, 1.807) is 24.3 Å². The third-order valence-electron chi connectivity index (χ3n) is 3.41. The van der Waals surface area contributed by atoms with Crippen LogP contribution in [0.2, 0.25) is 0 Å². The molecular formula is C18H19IN2O2S. The Balaban J connectivity index is 2.01. The summed E-state index contributed by atoms with van der Waals surface area (Å²) in [4.78, 5) is 12.2. The van der Waals surface area contributed by atoms with Gasteiger partial charge in [-0.1, -0.05) is 0 Å². The monoisotopic (exact) mass is 454 g/mol. The van der Waals surface area contributed by atoms with Crippen molar-refractivity contribution < 1.29 is 9.53 Å². The van der Waals surface area contributed by atoms with Crippen LogP contribution in [0.3, 0.4) is 0 Å². The summed E-state index contributed by atoms with van der Waals surface area (Å²) >= 11 is 7.54. The molecule has 4 nitrogen and oxygen atoms in total. The molecule has 2 N–H and O–H groups in total. The predicted octanol–water partition coefficient (Wildman–Crippen LogP) is 4.43. The zero-order valence-electron chi connectivity index (χ0n) is 13.8. The molecule has 0 aliphatic rings. The molecule has 0 atom stereocenters. The van der Waals surface area contributed by atoms with Gasteiger partial charge in [0.2, 0.25) is 0 Å². The topological polar surface area (TPSA) is 50.4 Å². The van der Waals surface area contributed by atoms with E-state index in [4.69, 9.17) is 17.0 Å². The molecule has 0 unspecified atom stereocenters. The van der Waals surface area contributed by atoms with Crippen molar-refractivity contribution in [3.8, 4) is 5.75 Å². The van der Waals surface area contributed by atoms with E-state index in [2.05, 4.69) is 39.3 Å². The molecule has 0 saturated carbocycles. The number of anilines is 1. The Kier molecular flexibility index (Phi) is 6.56. The van der Waals surface area contributed by atoms with Gasteiger partial charge in [-0.05, 0) is 103 Å². The molecule has 2 rings (SSSR count). The minimum Gasteiger partial charge on any atom is -0.494 e. The largest absolute Gasteiger partial charge is 0.494 e. The summed E-state index contributed by atoms with van der Waals surface area (Å²) in [5.74, 6) is 0.482. The highest BCUT2D eigenvalue weighted by atomic mass is 127. The highest BCUT2D eigenvalue weighted by molar-refractivity contribution is 14.1. The number of carbonyl (C=O) groups is 1. The van der Waals surface area contributed by atoms with Crippen LogP contribution in [0.4, 0.5) is 5.69 Å². The van der Waals surface area contributed by atoms with Crippen molar-refractivity contribution in [2.45, 2.75) is 20.8 Å². The quantitative estimate of drug-likeness (QED) is 0.530. The van der Waals surface area contributed by atoms with E-state index in [1.807, 2.05) is 26.8 Å². The molecule has 0 fully saturated rings. The normalized spacial score (nSPS) is 10.2. The number of benzene rings is 2. The van der Waals surface area contributed by atoms with Gasteiger partial charge in [0.25, 0.3) is 5.91 Å². The van der Waals surface area contributed by atoms with Crippen LogP contribution in [0.1, 0.15) is 28.4 Å². The van der Waals surface area contributed by atoms with Gasteiger partial charge < -0.3 is 10.1 Å². The molecule has 0 saturated heterocycles. The number of carbonyl (C=O) groups excluding carboxylic acids is 1. The van der Waals surface area contributed by atoms with Crippen molar-refractivity contribution in [3.63, 3.8) is 0 Å². The molecule has 24 heavy (non-hydrogen) atoms. The van der Waals surface area contributed by atoms with Gasteiger partial charge in [-0.15, -0.1) is 0 Å². The van der Waals surface area contributed by atoms with Crippen LogP contribution < -0.4 is 15.4 Å². The van der Waals surface area contributed by atoms with Crippen molar-refractivity contribution in [1.82, 2.24) is 5.32 Å². The number of rotatable bonds is 4. The molecule has 0 heterocycles. The third kappa shape index (κ3) is 4.91. The van der Waals surface area contributed by atoms with Crippen LogP contribution >= 0.6 is 34.8 Å². The van der Waals surface area contributed by atoms with E-state index in [9.17, 15) is 4.79 Å². The lowest BCUT2D eigenvalue weighted by molar-refractivity contribution is 0.0977. The van der Waals surface area contributed by atoms with Gasteiger partial charge in [-0.3, -0.25) is 10.1 Å². The first kappa shape index (κ1) is 18.7. The smallest absolute Gasteiger partial charge is 0.257 e. The molecule has 2 aromatic carbocycles. The third-order valence-corrected chi connectivity index (χ3v) is 4.77. The fourth-order valence-corrected chi connectivity index (χ4v) is 2.94. The molecule has 0 aliphatic heterocycles. The number of aryl methyl sites for hydroxylation is 2. The SMILES string of the molecule is CCOc1ccc(C(=O)NC(=S)Nc2cc(C)c(I)cc2C)cc1. The van der Waals surface area contributed by atoms with Crippen molar-refractivity contribution in [2.75, 3.05) is 11.9 Å². The summed E-state index contributed by atoms with van der Waals surface area (Å²) in [6.07, 6.45) is 0. The molecule has 0 radical (unpaired) electrons. The van der Waals surface area contributed by atoms with Crippen molar-refractivity contribution in [1.29, 1.82) is 0 Å². The van der Waals surface area contributed by atoms with E-state index in [0.717, 1.165) is 22.6 Å². The number of amides is 1. The van der Waals surface area contributed by atoms with Crippen LogP contribution in [0.15, 0.2) is 36.4 Å². The van der Waals surface area contributed by atoms with E-state index in [1.165, 1.54) is 3.57 Å². The lowest BCUT2D eigenvalue weighted by atomic mass is 10.1. The number of hydrogen-bond donors (Lipinski definition) is 2. The summed E-state index contributed by atoms with van der Waals surface area (Å²) in [6, 6.07) is 11.1. The number of nitrogens with one attached hydrogen (secondary N) is 2. The second-order valence-electron chi connectivity index (χ2n) is 5.28. The van der Waals surface area contributed by atoms with Crippen molar-refractivity contribution >= 4 is 51.5 Å². The first-order chi connectivity index (χ1) is 11.4. The summed E-state index contributed by atoms with van der Waals surface area (Å²) in [5.41, 5.74) is 3.65. The van der Waals surface area contributed by atoms with E-state index >= 15 is 0 Å². The number of thiocarbonyl (C=S) groups is 1. The Labute approximate surface area is 161 Å². The average Bonchev–Trinajstić information content (AvgIpc) is 2.53. The summed E-state index contributed by atoms with van der Waals surface area (Å²) in [7, 11) is 0. The standard InChI is InChI=1S/C18H19IN2O2S/c1-4-23-14-7-5-13(6-8-14)17(22)21-18(24)20-16-10-11(2)15(19)9-12(16)3/h5-10H,4H2,1-3H3,(H2,20,21,22,24). The Morgan fingerprint density at radius 2 is 1.83 bits per heavy atom. The lowest BCUT2D eigenvalue weighted by Gasteiger charge is -2.13. The molecule has 0 aliphatic carbocycles. The molecular weight excluding hydrogens is 435 g/mol. The van der Waals surface area contributed by atoms with Crippen LogP contribution in [0.25, 0.3) is 0 Å². The highest BCUT2D eigenvalue weighted by Gasteiger charge is 2.10. The van der Waals surface area contributed by atoms with Crippen molar-refractivity contribution in [3.05, 3.63) is 56.7 Å². The van der Waals surface area contributed by atoms with E-state index < -0.39 is 0 Å². The number of ether oxygens (including phenoxy) is 1. The first-order valence-corrected chi connectivity index (χ1v) is 9.01. The minimum absolute atomic E-state index is 0.254. The molecule has 0 spiro atoms. The molecule has 1 amide bonds. The summed E-state index contributed by atoms with van der Waals surface area (Å²) < 4.78 is 6.56. The maximum absolute atomic E-state index is 12.2. The molecule has 0 bridgehead atoms. The van der Waals surface area contributed by atoms with Crippen LogP contribution in [0, 0.1) is 17.4 Å². The Morgan fingerprint density at radius 1 is 1.17 bits per heavy atom. The van der Waals surface area contributed by atoms with Gasteiger partial charge in [0, 0.05) is 14.8 Å². The van der Waals surface area contributed by atoms with Gasteiger partial charge >= 0.3 is 0 Å². The zero-order chi connectivity index (χ0) is 17.7. The summed E-state index contributed by atoms with van der Waals surface area (Å²) in [6.45, 7) is 6.54. The zero-order valence-corrected chi connectivity index (χ0v) is 16.7. The van der Waals surface area contributed by atoms with Gasteiger partial charge in [0.1, 0.15) is 5.75 Å². The van der Waals surface area contributed by atoms with E-state index in [0.29, 0.717) is 12.2 Å². The van der Waals surface area contributed by atoms with Crippen LogP contribution in [-0.2, 0) is 0 Å². The van der Waals surface area contributed by atoms with Gasteiger partial charge in [-0.25, -0.2) is 0 Å². The second kappa shape index (κ2) is 8.43. The Morgan fingerprint density at radius 3 is 2.46 bits per heavy atom. The lowest BCUT2D eigenvalue weighted by Crippen LogP contribution is -2.34. The molecule has 0 aromatic heterocycles. The fourth-order valence-electron chi connectivity index (χ4n) is 2.11. The number of hydrogen-bond acceptors (Lipinski definition) is 3.